The van der Waals surface area contributed by atoms with Crippen molar-refractivity contribution >= 4 is 11.7 Å². The quantitative estimate of drug-likeness (QED) is 0.745. The van der Waals surface area contributed by atoms with E-state index in [0.29, 0.717) is 5.71 Å². The van der Waals surface area contributed by atoms with Crippen LogP contribution in [0.15, 0.2) is 5.16 Å². The van der Waals surface area contributed by atoms with Gasteiger partial charge in [-0.2, -0.15) is 0 Å². The summed E-state index contributed by atoms with van der Waals surface area (Å²) in [5.74, 6) is -4.49. The number of alkyl halides is 2. The van der Waals surface area contributed by atoms with Crippen LogP contribution in [0, 0.1) is 10.8 Å². The molecule has 0 amide bonds. The zero-order valence-corrected chi connectivity index (χ0v) is 13.8. The molecule has 0 spiro atoms. The molecule has 21 heavy (non-hydrogen) atoms. The van der Waals surface area contributed by atoms with Gasteiger partial charge in [0, 0.05) is 17.3 Å². The van der Waals surface area contributed by atoms with E-state index < -0.39 is 28.3 Å². The van der Waals surface area contributed by atoms with Crippen LogP contribution in [0.5, 0.6) is 0 Å². The predicted octanol–water partition coefficient (Wildman–Crippen LogP) is 3.79. The summed E-state index contributed by atoms with van der Waals surface area (Å²) in [4.78, 5) is 17.3. The fraction of sp³-hybridized carbons (Fsp3) is 0.867. The molecule has 122 valence electrons. The van der Waals surface area contributed by atoms with Crippen LogP contribution in [0.25, 0.3) is 0 Å². The van der Waals surface area contributed by atoms with E-state index in [1.54, 1.807) is 6.92 Å². The first-order valence-electron chi connectivity index (χ1n) is 7.10. The molecule has 0 aliphatic carbocycles. The second-order valence-corrected chi connectivity index (χ2v) is 7.43. The lowest BCUT2D eigenvalue weighted by Gasteiger charge is -2.40. The molecule has 1 heterocycles. The number of carbonyl (C=O) groups excluding carboxylic acids is 1. The molecule has 0 bridgehead atoms. The molecule has 1 rings (SSSR count). The van der Waals surface area contributed by atoms with Crippen LogP contribution in [0.3, 0.4) is 0 Å². The van der Waals surface area contributed by atoms with E-state index >= 15 is 0 Å². The monoisotopic (exact) mass is 305 g/mol. The molecule has 0 saturated carbocycles. The third kappa shape index (κ3) is 2.90. The summed E-state index contributed by atoms with van der Waals surface area (Å²) in [5.41, 5.74) is -3.88. The van der Waals surface area contributed by atoms with Crippen LogP contribution >= 0.6 is 0 Å². The lowest BCUT2D eigenvalue weighted by molar-refractivity contribution is -0.250. The Morgan fingerprint density at radius 1 is 1.29 bits per heavy atom. The van der Waals surface area contributed by atoms with Gasteiger partial charge in [0.2, 0.25) is 0 Å². The van der Waals surface area contributed by atoms with E-state index in [0.717, 1.165) is 0 Å². The lowest BCUT2D eigenvalue weighted by atomic mass is 9.72. The van der Waals surface area contributed by atoms with Crippen molar-refractivity contribution in [3.05, 3.63) is 0 Å². The molecule has 0 radical (unpaired) electrons. The van der Waals surface area contributed by atoms with Gasteiger partial charge in [-0.25, -0.2) is 13.6 Å². The van der Waals surface area contributed by atoms with E-state index in [1.807, 2.05) is 20.8 Å². The van der Waals surface area contributed by atoms with Crippen LogP contribution in [-0.2, 0) is 14.4 Å². The fourth-order valence-corrected chi connectivity index (χ4v) is 2.09. The Morgan fingerprint density at radius 2 is 1.81 bits per heavy atom. The molecule has 0 aromatic heterocycles. The van der Waals surface area contributed by atoms with Gasteiger partial charge in [0.25, 0.3) is 0 Å². The average Bonchev–Trinajstić information content (AvgIpc) is 2.73. The molecule has 6 heteroatoms. The first-order chi connectivity index (χ1) is 9.29. The highest BCUT2D eigenvalue weighted by Crippen LogP contribution is 2.51. The van der Waals surface area contributed by atoms with Crippen molar-refractivity contribution in [2.45, 2.75) is 66.4 Å². The Labute approximate surface area is 124 Å². The van der Waals surface area contributed by atoms with E-state index in [-0.39, 0.29) is 13.0 Å². The van der Waals surface area contributed by atoms with E-state index in [9.17, 15) is 13.6 Å². The molecule has 0 saturated heterocycles. The molecule has 0 N–H and O–H groups in total. The maximum Gasteiger partial charge on any atom is 0.360 e. The summed E-state index contributed by atoms with van der Waals surface area (Å²) < 4.78 is 34.7. The Kier molecular flexibility index (Phi) is 4.43. The second-order valence-electron chi connectivity index (χ2n) is 7.43. The van der Waals surface area contributed by atoms with Crippen LogP contribution in [0.4, 0.5) is 8.78 Å². The topological polar surface area (TPSA) is 47.9 Å². The van der Waals surface area contributed by atoms with Gasteiger partial charge in [-0.1, -0.05) is 46.7 Å². The Morgan fingerprint density at radius 3 is 2.14 bits per heavy atom. The molecular weight excluding hydrogens is 280 g/mol. The predicted molar refractivity (Wildman–Crippen MR) is 76.4 cm³/mol. The van der Waals surface area contributed by atoms with Gasteiger partial charge < -0.3 is 9.57 Å². The highest BCUT2D eigenvalue weighted by atomic mass is 19.3. The molecule has 1 atom stereocenters. The zero-order chi connectivity index (χ0) is 16.7. The number of hydrogen-bond acceptors (Lipinski definition) is 4. The summed E-state index contributed by atoms with van der Waals surface area (Å²) in [6.07, 6.45) is -0.264. The van der Waals surface area contributed by atoms with Gasteiger partial charge in [0.05, 0.1) is 12.3 Å². The molecule has 1 aliphatic rings. The molecular formula is C15H25F2NO3. The number of halogens is 2. The van der Waals surface area contributed by atoms with Crippen molar-refractivity contribution in [1.82, 2.24) is 0 Å². The Balaban J connectivity index is 3.28. The van der Waals surface area contributed by atoms with E-state index in [4.69, 9.17) is 9.57 Å². The van der Waals surface area contributed by atoms with Gasteiger partial charge in [0.1, 0.15) is 0 Å². The maximum atomic E-state index is 14.9. The minimum absolute atomic E-state index is 0.00895. The van der Waals surface area contributed by atoms with Gasteiger partial charge >= 0.3 is 17.5 Å². The number of hydrogen-bond donors (Lipinski definition) is 0. The molecule has 0 aromatic carbocycles. The summed E-state index contributed by atoms with van der Waals surface area (Å²) >= 11 is 0. The smallest absolute Gasteiger partial charge is 0.360 e. The van der Waals surface area contributed by atoms with Crippen molar-refractivity contribution in [2.24, 2.45) is 16.0 Å². The normalized spacial score (nSPS) is 23.6. The lowest BCUT2D eigenvalue weighted by Crippen LogP contribution is -2.61. The van der Waals surface area contributed by atoms with Gasteiger partial charge in [0.15, 0.2) is 0 Å². The van der Waals surface area contributed by atoms with Gasteiger partial charge in [-0.15, -0.1) is 0 Å². The zero-order valence-electron chi connectivity index (χ0n) is 13.8. The molecule has 4 nitrogen and oxygen atoms in total. The van der Waals surface area contributed by atoms with Crippen molar-refractivity contribution in [1.29, 1.82) is 0 Å². The summed E-state index contributed by atoms with van der Waals surface area (Å²) in [6, 6.07) is 0. The van der Waals surface area contributed by atoms with Crippen molar-refractivity contribution in [3.8, 4) is 0 Å². The van der Waals surface area contributed by atoms with Crippen LogP contribution in [-0.4, -0.2) is 29.8 Å². The molecule has 0 fully saturated rings. The number of carbonyl (C=O) groups is 1. The third-order valence-electron chi connectivity index (χ3n) is 3.65. The summed E-state index contributed by atoms with van der Waals surface area (Å²) in [5, 5.41) is 3.78. The van der Waals surface area contributed by atoms with Crippen LogP contribution in [0.1, 0.15) is 54.9 Å². The highest BCUT2D eigenvalue weighted by Gasteiger charge is 2.71. The minimum Gasteiger partial charge on any atom is -0.463 e. The largest absolute Gasteiger partial charge is 0.463 e. The molecule has 1 unspecified atom stereocenters. The Bertz CT molecular complexity index is 447. The van der Waals surface area contributed by atoms with Crippen LogP contribution in [0.2, 0.25) is 0 Å². The summed E-state index contributed by atoms with van der Waals surface area (Å²) in [7, 11) is 0. The highest BCUT2D eigenvalue weighted by molar-refractivity contribution is 5.97. The second kappa shape index (κ2) is 5.21. The fourth-order valence-electron chi connectivity index (χ4n) is 2.09. The minimum atomic E-state index is -3.43. The molecule has 0 aromatic rings. The van der Waals surface area contributed by atoms with Gasteiger partial charge in [-0.05, 0) is 6.92 Å². The third-order valence-corrected chi connectivity index (χ3v) is 3.65. The SMILES string of the molecule is CCOC(=O)C1(C(F)(F)C(C)(C)C)CC(C(C)(C)C)=NO1. The standard InChI is InChI=1S/C15H25F2NO3/c1-8-20-11(19)14(15(16,17)13(5,6)7)9-10(18-21-14)12(2,3)4/h8-9H2,1-7H3. The van der Waals surface area contributed by atoms with Crippen molar-refractivity contribution in [2.75, 3.05) is 6.61 Å². The maximum absolute atomic E-state index is 14.9. The number of nitrogens with zero attached hydrogens (tertiary/aromatic N) is 1. The average molecular weight is 305 g/mol. The van der Waals surface area contributed by atoms with E-state index in [2.05, 4.69) is 5.16 Å². The first kappa shape index (κ1) is 17.9. The summed E-state index contributed by atoms with van der Waals surface area (Å²) in [6.45, 7) is 11.2. The number of esters is 1. The van der Waals surface area contributed by atoms with Crippen LogP contribution < -0.4 is 0 Å². The van der Waals surface area contributed by atoms with Crippen molar-refractivity contribution < 1.29 is 23.1 Å². The van der Waals surface area contributed by atoms with Gasteiger partial charge in [-0.3, -0.25) is 0 Å². The Hall–Kier alpha value is -1.20. The number of oxime groups is 1. The van der Waals surface area contributed by atoms with Crippen molar-refractivity contribution in [3.63, 3.8) is 0 Å². The first-order valence-corrected chi connectivity index (χ1v) is 7.10. The number of rotatable bonds is 3. The van der Waals surface area contributed by atoms with E-state index in [1.165, 1.54) is 20.8 Å². The molecule has 1 aliphatic heterocycles. The number of ether oxygens (including phenoxy) is 1.